The molecular formula is C21H19F2N3O. The first-order valence-electron chi connectivity index (χ1n) is 8.45. The van der Waals surface area contributed by atoms with Crippen LogP contribution >= 0.6 is 0 Å². The predicted octanol–water partition coefficient (Wildman–Crippen LogP) is 4.11. The number of likely N-dealkylation sites (N-methyl/N-ethyl adjacent to an activating group) is 1. The summed E-state index contributed by atoms with van der Waals surface area (Å²) >= 11 is 0. The second kappa shape index (κ2) is 7.23. The van der Waals surface area contributed by atoms with Crippen molar-refractivity contribution in [3.05, 3.63) is 72.1 Å². The highest BCUT2D eigenvalue weighted by Gasteiger charge is 2.30. The van der Waals surface area contributed by atoms with Gasteiger partial charge in [0.05, 0.1) is 22.5 Å². The lowest BCUT2D eigenvalue weighted by Gasteiger charge is -2.22. The molecule has 3 aromatic rings. The van der Waals surface area contributed by atoms with Gasteiger partial charge in [0.15, 0.2) is 0 Å². The van der Waals surface area contributed by atoms with E-state index in [0.717, 1.165) is 6.07 Å². The maximum atomic E-state index is 14.5. The number of carbonyl (C=O) groups excluding carboxylic acids is 1. The van der Waals surface area contributed by atoms with Gasteiger partial charge in [0.2, 0.25) is 5.91 Å². The van der Waals surface area contributed by atoms with Gasteiger partial charge in [0, 0.05) is 30.4 Å². The van der Waals surface area contributed by atoms with Crippen LogP contribution in [0.3, 0.4) is 0 Å². The number of nitrogens with one attached hydrogen (secondary N) is 1. The standard InChI is InChI=1S/C21H19F2N3O/c1-21(2,20(27)24-3)19-9-6-8-18(26-19)14-11-13(15(22)12-16(14)23)17-7-4-5-10-25-17/h4-12H,1-3H3,(H,24,27). The van der Waals surface area contributed by atoms with Crippen LogP contribution in [0.4, 0.5) is 8.78 Å². The number of pyridine rings is 2. The van der Waals surface area contributed by atoms with Crippen molar-refractivity contribution in [3.8, 4) is 22.5 Å². The average Bonchev–Trinajstić information content (AvgIpc) is 2.68. The number of hydrogen-bond donors (Lipinski definition) is 1. The average molecular weight is 367 g/mol. The Labute approximate surface area is 156 Å². The van der Waals surface area contributed by atoms with Gasteiger partial charge in [-0.25, -0.2) is 8.78 Å². The number of hydrogen-bond acceptors (Lipinski definition) is 3. The van der Waals surface area contributed by atoms with Crippen LogP contribution in [-0.4, -0.2) is 22.9 Å². The largest absolute Gasteiger partial charge is 0.358 e. The zero-order valence-electron chi connectivity index (χ0n) is 15.3. The lowest BCUT2D eigenvalue weighted by Crippen LogP contribution is -2.38. The summed E-state index contributed by atoms with van der Waals surface area (Å²) in [5.74, 6) is -1.63. The lowest BCUT2D eigenvalue weighted by atomic mass is 9.87. The molecule has 0 aliphatic heterocycles. The molecule has 0 aliphatic rings. The predicted molar refractivity (Wildman–Crippen MR) is 99.9 cm³/mol. The summed E-state index contributed by atoms with van der Waals surface area (Å²) < 4.78 is 28.8. The van der Waals surface area contributed by atoms with Crippen LogP contribution in [-0.2, 0) is 10.2 Å². The second-order valence-electron chi connectivity index (χ2n) is 6.64. The highest BCUT2D eigenvalue weighted by atomic mass is 19.1. The first kappa shape index (κ1) is 18.6. The Morgan fingerprint density at radius 1 is 0.963 bits per heavy atom. The van der Waals surface area contributed by atoms with Crippen molar-refractivity contribution in [2.24, 2.45) is 0 Å². The van der Waals surface area contributed by atoms with Crippen molar-refractivity contribution >= 4 is 5.91 Å². The first-order chi connectivity index (χ1) is 12.8. The molecule has 0 saturated heterocycles. The van der Waals surface area contributed by atoms with E-state index in [0.29, 0.717) is 17.1 Å². The van der Waals surface area contributed by atoms with Gasteiger partial charge in [0.25, 0.3) is 0 Å². The Balaban J connectivity index is 2.12. The van der Waals surface area contributed by atoms with E-state index in [4.69, 9.17) is 0 Å². The van der Waals surface area contributed by atoms with E-state index in [1.54, 1.807) is 63.5 Å². The minimum Gasteiger partial charge on any atom is -0.358 e. The monoisotopic (exact) mass is 367 g/mol. The van der Waals surface area contributed by atoms with Gasteiger partial charge in [-0.05, 0) is 44.2 Å². The van der Waals surface area contributed by atoms with Crippen molar-refractivity contribution in [2.45, 2.75) is 19.3 Å². The molecule has 138 valence electrons. The molecule has 0 fully saturated rings. The number of amides is 1. The van der Waals surface area contributed by atoms with E-state index in [2.05, 4.69) is 15.3 Å². The molecule has 0 saturated carbocycles. The van der Waals surface area contributed by atoms with E-state index >= 15 is 0 Å². The third kappa shape index (κ3) is 3.56. The zero-order chi connectivity index (χ0) is 19.6. The summed E-state index contributed by atoms with van der Waals surface area (Å²) in [6, 6.07) is 12.4. The number of aromatic nitrogens is 2. The molecule has 0 unspecified atom stereocenters. The van der Waals surface area contributed by atoms with Crippen LogP contribution in [0.5, 0.6) is 0 Å². The van der Waals surface area contributed by atoms with Crippen LogP contribution in [0.15, 0.2) is 54.7 Å². The number of rotatable bonds is 4. The third-order valence-corrected chi connectivity index (χ3v) is 4.46. The summed E-state index contributed by atoms with van der Waals surface area (Å²) in [6.45, 7) is 3.47. The van der Waals surface area contributed by atoms with Crippen LogP contribution in [0, 0.1) is 11.6 Å². The number of nitrogens with zero attached hydrogens (tertiary/aromatic N) is 2. The minimum absolute atomic E-state index is 0.145. The van der Waals surface area contributed by atoms with E-state index in [-0.39, 0.29) is 17.0 Å². The summed E-state index contributed by atoms with van der Waals surface area (Å²) in [6.07, 6.45) is 1.54. The van der Waals surface area contributed by atoms with E-state index < -0.39 is 17.0 Å². The number of halogens is 2. The Bertz CT molecular complexity index is 988. The maximum absolute atomic E-state index is 14.5. The summed E-state index contributed by atoms with van der Waals surface area (Å²) in [4.78, 5) is 20.7. The molecule has 0 spiro atoms. The van der Waals surface area contributed by atoms with Gasteiger partial charge in [-0.1, -0.05) is 12.1 Å². The number of carbonyl (C=O) groups is 1. The molecular weight excluding hydrogens is 348 g/mol. The fourth-order valence-electron chi connectivity index (χ4n) is 2.83. The molecule has 0 bridgehead atoms. The molecule has 4 nitrogen and oxygen atoms in total. The Kier molecular flexibility index (Phi) is 4.99. The Hall–Kier alpha value is -3.15. The third-order valence-electron chi connectivity index (χ3n) is 4.46. The minimum atomic E-state index is -0.898. The summed E-state index contributed by atoms with van der Waals surface area (Å²) in [5.41, 5.74) is 0.640. The molecule has 3 rings (SSSR count). The fraction of sp³-hybridized carbons (Fsp3) is 0.190. The second-order valence-corrected chi connectivity index (χ2v) is 6.64. The molecule has 1 amide bonds. The molecule has 0 aliphatic carbocycles. The molecule has 2 heterocycles. The van der Waals surface area contributed by atoms with Crippen molar-refractivity contribution < 1.29 is 13.6 Å². The molecule has 27 heavy (non-hydrogen) atoms. The van der Waals surface area contributed by atoms with Gasteiger partial charge >= 0.3 is 0 Å². The summed E-state index contributed by atoms with van der Waals surface area (Å²) in [7, 11) is 1.55. The van der Waals surface area contributed by atoms with Gasteiger partial charge in [-0.3, -0.25) is 14.8 Å². The molecule has 6 heteroatoms. The van der Waals surface area contributed by atoms with Gasteiger partial charge in [-0.2, -0.15) is 0 Å². The SMILES string of the molecule is CNC(=O)C(C)(C)c1cccc(-c2cc(-c3ccccn3)c(F)cc2F)n1. The molecule has 2 aromatic heterocycles. The normalized spacial score (nSPS) is 11.3. The number of benzene rings is 1. The van der Waals surface area contributed by atoms with Crippen LogP contribution in [0.1, 0.15) is 19.5 Å². The van der Waals surface area contributed by atoms with Crippen molar-refractivity contribution in [2.75, 3.05) is 7.05 Å². The Morgan fingerprint density at radius 3 is 2.26 bits per heavy atom. The maximum Gasteiger partial charge on any atom is 0.231 e. The smallest absolute Gasteiger partial charge is 0.231 e. The highest BCUT2D eigenvalue weighted by molar-refractivity contribution is 5.86. The van der Waals surface area contributed by atoms with E-state index in [1.807, 2.05) is 0 Å². The molecule has 1 aromatic carbocycles. The van der Waals surface area contributed by atoms with Gasteiger partial charge in [-0.15, -0.1) is 0 Å². The lowest BCUT2D eigenvalue weighted by molar-refractivity contribution is -0.125. The van der Waals surface area contributed by atoms with Crippen molar-refractivity contribution in [3.63, 3.8) is 0 Å². The fourth-order valence-corrected chi connectivity index (χ4v) is 2.83. The van der Waals surface area contributed by atoms with Gasteiger partial charge in [0.1, 0.15) is 11.6 Å². The summed E-state index contributed by atoms with van der Waals surface area (Å²) in [5, 5.41) is 2.60. The van der Waals surface area contributed by atoms with E-state index in [9.17, 15) is 13.6 Å². The quantitative estimate of drug-likeness (QED) is 0.755. The van der Waals surface area contributed by atoms with Gasteiger partial charge < -0.3 is 5.32 Å². The Morgan fingerprint density at radius 2 is 1.63 bits per heavy atom. The van der Waals surface area contributed by atoms with Crippen LogP contribution in [0.25, 0.3) is 22.5 Å². The first-order valence-corrected chi connectivity index (χ1v) is 8.45. The zero-order valence-corrected chi connectivity index (χ0v) is 15.3. The molecule has 1 N–H and O–H groups in total. The van der Waals surface area contributed by atoms with Crippen LogP contribution < -0.4 is 5.32 Å². The van der Waals surface area contributed by atoms with Crippen LogP contribution in [0.2, 0.25) is 0 Å². The molecule has 0 atom stereocenters. The molecule has 0 radical (unpaired) electrons. The van der Waals surface area contributed by atoms with Crippen molar-refractivity contribution in [1.29, 1.82) is 0 Å². The van der Waals surface area contributed by atoms with E-state index in [1.165, 1.54) is 6.07 Å². The topological polar surface area (TPSA) is 54.9 Å². The van der Waals surface area contributed by atoms with Crippen molar-refractivity contribution in [1.82, 2.24) is 15.3 Å². The highest BCUT2D eigenvalue weighted by Crippen LogP contribution is 2.31.